The van der Waals surface area contributed by atoms with Crippen LogP contribution in [-0.2, 0) is 9.47 Å². The Bertz CT molecular complexity index is 594. The van der Waals surface area contributed by atoms with Gasteiger partial charge in [-0.15, -0.1) is 11.8 Å². The molecule has 0 bridgehead atoms. The highest BCUT2D eigenvalue weighted by Crippen LogP contribution is 2.33. The van der Waals surface area contributed by atoms with Crippen molar-refractivity contribution in [2.45, 2.75) is 90.7 Å². The quantitative estimate of drug-likeness (QED) is 0.685. The Labute approximate surface area is 169 Å². The normalized spacial score (nSPS) is 24.4. The summed E-state index contributed by atoms with van der Waals surface area (Å²) in [6.45, 7) is 24.2. The maximum absolute atomic E-state index is 6.17. The highest BCUT2D eigenvalue weighted by Gasteiger charge is 2.36. The van der Waals surface area contributed by atoms with Gasteiger partial charge in [-0.25, -0.2) is 4.99 Å². The maximum Gasteiger partial charge on any atom is 0.145 e. The third-order valence-corrected chi connectivity index (χ3v) is 5.29. The van der Waals surface area contributed by atoms with Crippen molar-refractivity contribution < 1.29 is 9.47 Å². The Balaban J connectivity index is 2.05. The molecule has 6 heteroatoms. The van der Waals surface area contributed by atoms with Gasteiger partial charge in [-0.3, -0.25) is 0 Å². The van der Waals surface area contributed by atoms with Crippen molar-refractivity contribution in [2.75, 3.05) is 12.4 Å². The number of ether oxygens (including phenoxy) is 2. The van der Waals surface area contributed by atoms with Gasteiger partial charge in [-0.2, -0.15) is 0 Å². The first kappa shape index (κ1) is 22.3. The molecular formula is C21H37N3O2S. The summed E-state index contributed by atoms with van der Waals surface area (Å²) in [6, 6.07) is 0. The first-order chi connectivity index (χ1) is 12.2. The molecule has 0 aromatic rings. The summed E-state index contributed by atoms with van der Waals surface area (Å²) in [6.07, 6.45) is 4.06. The molecule has 0 unspecified atom stereocenters. The van der Waals surface area contributed by atoms with Crippen molar-refractivity contribution in [3.8, 4) is 0 Å². The predicted molar refractivity (Wildman–Crippen MR) is 116 cm³/mol. The van der Waals surface area contributed by atoms with Gasteiger partial charge >= 0.3 is 0 Å². The van der Waals surface area contributed by atoms with Crippen LogP contribution in [0.3, 0.4) is 0 Å². The van der Waals surface area contributed by atoms with Crippen LogP contribution in [0.5, 0.6) is 0 Å². The largest absolute Gasteiger partial charge is 0.372 e. The lowest BCUT2D eigenvalue weighted by atomic mass is 9.95. The minimum absolute atomic E-state index is 0.0427. The van der Waals surface area contributed by atoms with Gasteiger partial charge in [0.15, 0.2) is 0 Å². The predicted octanol–water partition coefficient (Wildman–Crippen LogP) is 4.82. The summed E-state index contributed by atoms with van der Waals surface area (Å²) < 4.78 is 12.0. The van der Waals surface area contributed by atoms with E-state index in [4.69, 9.17) is 14.5 Å². The Morgan fingerprint density at radius 2 is 1.78 bits per heavy atom. The molecule has 0 amide bonds. The second-order valence-electron chi connectivity index (χ2n) is 10.1. The van der Waals surface area contributed by atoms with Gasteiger partial charge in [0.25, 0.3) is 0 Å². The maximum atomic E-state index is 6.17. The molecule has 0 radical (unpaired) electrons. The van der Waals surface area contributed by atoms with E-state index in [1.54, 1.807) is 11.8 Å². The Morgan fingerprint density at radius 3 is 2.26 bits per heavy atom. The van der Waals surface area contributed by atoms with Crippen LogP contribution in [-0.4, -0.2) is 56.3 Å². The fraction of sp³-hybridized carbons (Fsp3) is 0.762. The lowest BCUT2D eigenvalue weighted by Crippen LogP contribution is -2.56. The summed E-state index contributed by atoms with van der Waals surface area (Å²) in [4.78, 5) is 9.18. The summed E-state index contributed by atoms with van der Waals surface area (Å²) in [5, 5.41) is 0. The van der Waals surface area contributed by atoms with Crippen molar-refractivity contribution >= 4 is 17.6 Å². The fourth-order valence-electron chi connectivity index (χ4n) is 3.54. The molecule has 27 heavy (non-hydrogen) atoms. The zero-order valence-corrected chi connectivity index (χ0v) is 19.3. The van der Waals surface area contributed by atoms with Crippen LogP contribution < -0.4 is 0 Å². The first-order valence-electron chi connectivity index (χ1n) is 9.64. The average molecular weight is 396 g/mol. The van der Waals surface area contributed by atoms with Crippen LogP contribution in [0.4, 0.5) is 0 Å². The van der Waals surface area contributed by atoms with Gasteiger partial charge in [0.1, 0.15) is 23.3 Å². The monoisotopic (exact) mass is 395 g/mol. The number of nitrogens with zero attached hydrogens (tertiary/aromatic N) is 3. The molecule has 0 aromatic heterocycles. The molecule has 0 aromatic carbocycles. The third-order valence-electron chi connectivity index (χ3n) is 4.19. The van der Waals surface area contributed by atoms with Crippen molar-refractivity contribution in [1.29, 1.82) is 0 Å². The van der Waals surface area contributed by atoms with E-state index in [1.165, 1.54) is 0 Å². The third kappa shape index (κ3) is 6.00. The Morgan fingerprint density at radius 1 is 1.19 bits per heavy atom. The number of rotatable bonds is 3. The molecule has 2 atom stereocenters. The van der Waals surface area contributed by atoms with Gasteiger partial charge < -0.3 is 19.3 Å². The Hall–Kier alpha value is -0.980. The topological polar surface area (TPSA) is 37.3 Å². The van der Waals surface area contributed by atoms with E-state index < -0.39 is 0 Å². The second-order valence-corrected chi connectivity index (χ2v) is 11.3. The molecule has 2 rings (SSSR count). The molecule has 154 valence electrons. The van der Waals surface area contributed by atoms with Crippen LogP contribution in [0, 0.1) is 0 Å². The van der Waals surface area contributed by atoms with Crippen molar-refractivity contribution in [1.82, 2.24) is 9.80 Å². The van der Waals surface area contributed by atoms with E-state index in [0.29, 0.717) is 12.4 Å². The summed E-state index contributed by atoms with van der Waals surface area (Å²) in [5.74, 6) is 2.53. The molecule has 2 aliphatic heterocycles. The standard InChI is InChI=1S/C21H37N3O2S/c1-15-22-16(24(19(2,3)4)20(5,6)7)11-12-23(15)17-14-27-18(26-17)13-25-21(8,9)10/h11-12,17-18H,1,13-14H2,2-10H3/t17-,18+/m1/s1. The van der Waals surface area contributed by atoms with Gasteiger partial charge in [-0.1, -0.05) is 6.58 Å². The Kier molecular flexibility index (Phi) is 6.45. The van der Waals surface area contributed by atoms with E-state index in [-0.39, 0.29) is 28.3 Å². The zero-order chi connectivity index (χ0) is 20.6. The second kappa shape index (κ2) is 7.80. The van der Waals surface area contributed by atoms with Gasteiger partial charge in [0.05, 0.1) is 12.2 Å². The minimum Gasteiger partial charge on any atom is -0.372 e. The molecule has 2 aliphatic rings. The van der Waals surface area contributed by atoms with Crippen molar-refractivity contribution in [3.05, 3.63) is 24.7 Å². The first-order valence-corrected chi connectivity index (χ1v) is 10.7. The van der Waals surface area contributed by atoms with Crippen LogP contribution >= 0.6 is 11.8 Å². The van der Waals surface area contributed by atoms with Crippen molar-refractivity contribution in [3.63, 3.8) is 0 Å². The summed E-state index contributed by atoms with van der Waals surface area (Å²) in [5.41, 5.74) is -0.196. The van der Waals surface area contributed by atoms with Crippen LogP contribution in [0.25, 0.3) is 0 Å². The van der Waals surface area contributed by atoms with E-state index in [2.05, 4.69) is 79.9 Å². The molecule has 0 aliphatic carbocycles. The molecule has 0 N–H and O–H groups in total. The zero-order valence-electron chi connectivity index (χ0n) is 18.5. The average Bonchev–Trinajstić information content (AvgIpc) is 2.90. The SMILES string of the molecule is C=C1N=C(N(C(C)(C)C)C(C)(C)C)C=CN1[C@H]1CS[C@@H](COC(C)(C)C)O1. The van der Waals surface area contributed by atoms with Crippen LogP contribution in [0.1, 0.15) is 62.3 Å². The van der Waals surface area contributed by atoms with Gasteiger partial charge in [0.2, 0.25) is 0 Å². The molecule has 1 fully saturated rings. The van der Waals surface area contributed by atoms with Crippen molar-refractivity contribution in [2.24, 2.45) is 4.99 Å². The lowest BCUT2D eigenvalue weighted by molar-refractivity contribution is -0.0749. The van der Waals surface area contributed by atoms with E-state index in [1.807, 2.05) is 11.1 Å². The highest BCUT2D eigenvalue weighted by molar-refractivity contribution is 8.00. The van der Waals surface area contributed by atoms with Crippen LogP contribution in [0.2, 0.25) is 0 Å². The summed E-state index contributed by atoms with van der Waals surface area (Å²) >= 11 is 1.78. The van der Waals surface area contributed by atoms with Gasteiger partial charge in [0, 0.05) is 23.0 Å². The number of amidine groups is 1. The van der Waals surface area contributed by atoms with E-state index in [0.717, 1.165) is 11.6 Å². The molecular weight excluding hydrogens is 358 g/mol. The minimum atomic E-state index is -0.154. The van der Waals surface area contributed by atoms with Gasteiger partial charge in [-0.05, 0) is 68.4 Å². The number of hydrogen-bond donors (Lipinski definition) is 0. The fourth-order valence-corrected chi connectivity index (χ4v) is 4.52. The van der Waals surface area contributed by atoms with E-state index >= 15 is 0 Å². The highest BCUT2D eigenvalue weighted by atomic mass is 32.2. The summed E-state index contributed by atoms with van der Waals surface area (Å²) in [7, 11) is 0. The molecule has 0 saturated carbocycles. The lowest BCUT2D eigenvalue weighted by Gasteiger charge is -2.48. The molecule has 2 heterocycles. The number of hydrogen-bond acceptors (Lipinski definition) is 6. The molecule has 0 spiro atoms. The van der Waals surface area contributed by atoms with E-state index in [9.17, 15) is 0 Å². The smallest absolute Gasteiger partial charge is 0.145 e. The number of thioether (sulfide) groups is 1. The van der Waals surface area contributed by atoms with Crippen LogP contribution in [0.15, 0.2) is 29.7 Å². The molecule has 1 saturated heterocycles. The molecule has 5 nitrogen and oxygen atoms in total. The number of aliphatic imine (C=N–C) groups is 1.